The van der Waals surface area contributed by atoms with Crippen LogP contribution >= 0.6 is 0 Å². The maximum Gasteiger partial charge on any atom is 0.0486 e. The molecule has 0 bridgehead atoms. The standard InChI is InChI=1S/C16H25NOS/c1-4-17-16(15-5-6-15)11-19(18)10-14-8-12(2)7-13(3)9-14/h7-9,15-17H,4-6,10-11H2,1-3H3. The van der Waals surface area contributed by atoms with Crippen molar-refractivity contribution in [1.82, 2.24) is 5.32 Å². The van der Waals surface area contributed by atoms with Gasteiger partial charge < -0.3 is 5.32 Å². The molecule has 2 unspecified atom stereocenters. The van der Waals surface area contributed by atoms with Gasteiger partial charge in [-0.05, 0) is 44.7 Å². The van der Waals surface area contributed by atoms with Crippen LogP contribution in [0.3, 0.4) is 0 Å². The molecular weight excluding hydrogens is 254 g/mol. The first-order valence-electron chi connectivity index (χ1n) is 7.24. The summed E-state index contributed by atoms with van der Waals surface area (Å²) in [6.07, 6.45) is 2.61. The van der Waals surface area contributed by atoms with E-state index in [-0.39, 0.29) is 0 Å². The van der Waals surface area contributed by atoms with Gasteiger partial charge in [-0.3, -0.25) is 4.21 Å². The zero-order chi connectivity index (χ0) is 13.8. The van der Waals surface area contributed by atoms with E-state index in [9.17, 15) is 4.21 Å². The summed E-state index contributed by atoms with van der Waals surface area (Å²) < 4.78 is 12.3. The van der Waals surface area contributed by atoms with E-state index in [1.807, 2.05) is 0 Å². The lowest BCUT2D eigenvalue weighted by atomic mass is 10.1. The number of nitrogens with one attached hydrogen (secondary N) is 1. The largest absolute Gasteiger partial charge is 0.313 e. The molecule has 1 N–H and O–H groups in total. The van der Waals surface area contributed by atoms with E-state index < -0.39 is 10.8 Å². The van der Waals surface area contributed by atoms with E-state index in [4.69, 9.17) is 0 Å². The first kappa shape index (κ1) is 14.7. The van der Waals surface area contributed by atoms with Crippen molar-refractivity contribution >= 4 is 10.8 Å². The molecule has 2 rings (SSSR count). The Labute approximate surface area is 119 Å². The third-order valence-electron chi connectivity index (χ3n) is 3.63. The van der Waals surface area contributed by atoms with Crippen molar-refractivity contribution in [3.8, 4) is 0 Å². The smallest absolute Gasteiger partial charge is 0.0486 e. The Bertz CT molecular complexity index is 434. The average molecular weight is 279 g/mol. The fourth-order valence-corrected chi connectivity index (χ4v) is 4.17. The van der Waals surface area contributed by atoms with Crippen molar-refractivity contribution in [2.24, 2.45) is 5.92 Å². The van der Waals surface area contributed by atoms with Crippen molar-refractivity contribution in [2.75, 3.05) is 12.3 Å². The molecule has 1 aromatic rings. The molecule has 0 amide bonds. The van der Waals surface area contributed by atoms with E-state index >= 15 is 0 Å². The van der Waals surface area contributed by atoms with Crippen molar-refractivity contribution < 1.29 is 4.21 Å². The van der Waals surface area contributed by atoms with Gasteiger partial charge in [-0.1, -0.05) is 36.2 Å². The van der Waals surface area contributed by atoms with Crippen LogP contribution < -0.4 is 5.32 Å². The topological polar surface area (TPSA) is 29.1 Å². The van der Waals surface area contributed by atoms with E-state index in [1.165, 1.54) is 29.5 Å². The Hall–Kier alpha value is -0.670. The number of aryl methyl sites for hydroxylation is 2. The van der Waals surface area contributed by atoms with E-state index in [0.29, 0.717) is 11.8 Å². The summed E-state index contributed by atoms with van der Waals surface area (Å²) in [6.45, 7) is 7.31. The molecule has 3 heteroatoms. The normalized spacial score (nSPS) is 18.3. The predicted molar refractivity (Wildman–Crippen MR) is 82.8 cm³/mol. The lowest BCUT2D eigenvalue weighted by Gasteiger charge is -2.16. The minimum absolute atomic E-state index is 0.455. The highest BCUT2D eigenvalue weighted by atomic mass is 32.2. The van der Waals surface area contributed by atoms with Crippen LogP contribution in [0.25, 0.3) is 0 Å². The molecule has 0 aromatic heterocycles. The molecule has 1 aromatic carbocycles. The fraction of sp³-hybridized carbons (Fsp3) is 0.625. The molecule has 19 heavy (non-hydrogen) atoms. The summed E-state index contributed by atoms with van der Waals surface area (Å²) in [5.74, 6) is 2.26. The zero-order valence-electron chi connectivity index (χ0n) is 12.2. The molecule has 1 aliphatic rings. The Balaban J connectivity index is 1.92. The molecule has 2 atom stereocenters. The quantitative estimate of drug-likeness (QED) is 0.831. The highest BCUT2D eigenvalue weighted by Gasteiger charge is 2.31. The lowest BCUT2D eigenvalue weighted by Crippen LogP contribution is -2.36. The number of hydrogen-bond donors (Lipinski definition) is 1. The molecule has 0 spiro atoms. The second-order valence-corrected chi connectivity index (χ2v) is 7.25. The van der Waals surface area contributed by atoms with Gasteiger partial charge in [0.05, 0.1) is 0 Å². The molecule has 106 valence electrons. The van der Waals surface area contributed by atoms with E-state index in [1.54, 1.807) is 0 Å². The van der Waals surface area contributed by atoms with Gasteiger partial charge >= 0.3 is 0 Å². The van der Waals surface area contributed by atoms with Crippen LogP contribution in [0, 0.1) is 19.8 Å². The molecule has 1 saturated carbocycles. The maximum absolute atomic E-state index is 12.3. The molecule has 1 fully saturated rings. The average Bonchev–Trinajstić information content (AvgIpc) is 3.10. The van der Waals surface area contributed by atoms with Crippen LogP contribution in [0.15, 0.2) is 18.2 Å². The minimum Gasteiger partial charge on any atom is -0.313 e. The fourth-order valence-electron chi connectivity index (χ4n) is 2.72. The summed E-state index contributed by atoms with van der Waals surface area (Å²) in [6, 6.07) is 6.93. The van der Waals surface area contributed by atoms with Crippen LogP contribution in [0.5, 0.6) is 0 Å². The second kappa shape index (κ2) is 6.67. The van der Waals surface area contributed by atoms with Gasteiger partial charge in [-0.15, -0.1) is 0 Å². The van der Waals surface area contributed by atoms with Crippen molar-refractivity contribution in [3.63, 3.8) is 0 Å². The number of rotatable bonds is 7. The van der Waals surface area contributed by atoms with Gasteiger partial charge in [-0.25, -0.2) is 0 Å². The van der Waals surface area contributed by atoms with Gasteiger partial charge in [0.2, 0.25) is 0 Å². The van der Waals surface area contributed by atoms with Gasteiger partial charge in [-0.2, -0.15) is 0 Å². The van der Waals surface area contributed by atoms with E-state index in [2.05, 4.69) is 44.3 Å². The highest BCUT2D eigenvalue weighted by Crippen LogP contribution is 2.33. The number of hydrogen-bond acceptors (Lipinski definition) is 2. The molecule has 0 radical (unpaired) electrons. The molecular formula is C16H25NOS. The monoisotopic (exact) mass is 279 g/mol. The highest BCUT2D eigenvalue weighted by molar-refractivity contribution is 7.84. The summed E-state index contributed by atoms with van der Waals surface area (Å²) in [5.41, 5.74) is 3.73. The maximum atomic E-state index is 12.3. The Kier molecular flexibility index (Phi) is 5.17. The first-order valence-corrected chi connectivity index (χ1v) is 8.73. The minimum atomic E-state index is -0.762. The van der Waals surface area contributed by atoms with Crippen molar-refractivity contribution in [3.05, 3.63) is 34.9 Å². The SMILES string of the molecule is CCNC(CS(=O)Cc1cc(C)cc(C)c1)C1CC1. The second-order valence-electron chi connectivity index (χ2n) is 5.75. The summed E-state index contributed by atoms with van der Waals surface area (Å²) in [7, 11) is -0.762. The van der Waals surface area contributed by atoms with Crippen LogP contribution in [0.4, 0.5) is 0 Å². The van der Waals surface area contributed by atoms with Crippen LogP contribution in [-0.2, 0) is 16.6 Å². The predicted octanol–water partition coefficient (Wildman–Crippen LogP) is 2.94. The van der Waals surface area contributed by atoms with Crippen LogP contribution in [0.2, 0.25) is 0 Å². The molecule has 1 aliphatic carbocycles. The third-order valence-corrected chi connectivity index (χ3v) is 5.02. The van der Waals surface area contributed by atoms with E-state index in [0.717, 1.165) is 18.2 Å². The zero-order valence-corrected chi connectivity index (χ0v) is 13.1. The summed E-state index contributed by atoms with van der Waals surface area (Å²) >= 11 is 0. The Morgan fingerprint density at radius 1 is 1.26 bits per heavy atom. The van der Waals surface area contributed by atoms with Crippen molar-refractivity contribution in [2.45, 2.75) is 45.4 Å². The van der Waals surface area contributed by atoms with Gasteiger partial charge in [0.15, 0.2) is 0 Å². The number of benzene rings is 1. The molecule has 0 aliphatic heterocycles. The van der Waals surface area contributed by atoms with Crippen LogP contribution in [0.1, 0.15) is 36.5 Å². The van der Waals surface area contributed by atoms with Gasteiger partial charge in [0.1, 0.15) is 0 Å². The Morgan fingerprint density at radius 2 is 1.89 bits per heavy atom. The van der Waals surface area contributed by atoms with Gasteiger partial charge in [0.25, 0.3) is 0 Å². The molecule has 0 heterocycles. The summed E-state index contributed by atoms with van der Waals surface area (Å²) in [4.78, 5) is 0. The van der Waals surface area contributed by atoms with Crippen LogP contribution in [-0.4, -0.2) is 22.5 Å². The first-order chi connectivity index (χ1) is 9.08. The lowest BCUT2D eigenvalue weighted by molar-refractivity contribution is 0.514. The summed E-state index contributed by atoms with van der Waals surface area (Å²) in [5, 5.41) is 3.49. The molecule has 2 nitrogen and oxygen atoms in total. The third kappa shape index (κ3) is 4.73. The molecule has 0 saturated heterocycles. The van der Waals surface area contributed by atoms with Crippen molar-refractivity contribution in [1.29, 1.82) is 0 Å². The Morgan fingerprint density at radius 3 is 2.42 bits per heavy atom. The van der Waals surface area contributed by atoms with Gasteiger partial charge in [0, 0.05) is 28.3 Å².